The number of benzene rings is 1. The molecule has 0 radical (unpaired) electrons. The molecule has 27 heavy (non-hydrogen) atoms. The SMILES string of the molecule is CC(OC(=O)c1ccc(NC(=O)C2CC2)cc1)C(=O)NCC1CCCCC1. The Balaban J connectivity index is 1.43. The molecule has 6 heteroatoms. The normalized spacial score (nSPS) is 18.4. The zero-order valence-electron chi connectivity index (χ0n) is 15.8. The van der Waals surface area contributed by atoms with E-state index in [1.165, 1.54) is 19.3 Å². The Bertz CT molecular complexity index is 676. The Labute approximate surface area is 160 Å². The molecule has 1 unspecified atom stereocenters. The van der Waals surface area contributed by atoms with E-state index in [4.69, 9.17) is 4.74 Å². The second-order valence-corrected chi connectivity index (χ2v) is 7.64. The van der Waals surface area contributed by atoms with Crippen LogP contribution in [-0.4, -0.2) is 30.4 Å². The summed E-state index contributed by atoms with van der Waals surface area (Å²) in [5.41, 5.74) is 1.01. The first-order valence-electron chi connectivity index (χ1n) is 9.92. The van der Waals surface area contributed by atoms with Crippen molar-refractivity contribution in [1.82, 2.24) is 5.32 Å². The van der Waals surface area contributed by atoms with Crippen molar-refractivity contribution in [2.45, 2.75) is 58.0 Å². The van der Waals surface area contributed by atoms with Crippen LogP contribution in [0, 0.1) is 11.8 Å². The Morgan fingerprint density at radius 3 is 2.33 bits per heavy atom. The predicted octanol–water partition coefficient (Wildman–Crippen LogP) is 3.28. The van der Waals surface area contributed by atoms with Crippen molar-refractivity contribution in [3.05, 3.63) is 29.8 Å². The van der Waals surface area contributed by atoms with Crippen LogP contribution >= 0.6 is 0 Å². The molecular weight excluding hydrogens is 344 g/mol. The molecule has 0 aromatic heterocycles. The first-order chi connectivity index (χ1) is 13.0. The molecule has 2 fully saturated rings. The number of hydrogen-bond donors (Lipinski definition) is 2. The molecule has 0 bridgehead atoms. The van der Waals surface area contributed by atoms with E-state index < -0.39 is 12.1 Å². The van der Waals surface area contributed by atoms with E-state index in [-0.39, 0.29) is 17.7 Å². The summed E-state index contributed by atoms with van der Waals surface area (Å²) < 4.78 is 5.27. The quantitative estimate of drug-likeness (QED) is 0.720. The van der Waals surface area contributed by atoms with Crippen molar-refractivity contribution in [3.63, 3.8) is 0 Å². The fraction of sp³-hybridized carbons (Fsp3) is 0.571. The van der Waals surface area contributed by atoms with Gasteiger partial charge in [-0.05, 0) is 62.8 Å². The third-order valence-electron chi connectivity index (χ3n) is 5.28. The summed E-state index contributed by atoms with van der Waals surface area (Å²) in [6, 6.07) is 6.53. The number of esters is 1. The van der Waals surface area contributed by atoms with E-state index >= 15 is 0 Å². The molecule has 2 aliphatic rings. The topological polar surface area (TPSA) is 84.5 Å². The Kier molecular flexibility index (Phi) is 6.48. The molecule has 2 amide bonds. The van der Waals surface area contributed by atoms with Gasteiger partial charge < -0.3 is 15.4 Å². The average molecular weight is 372 g/mol. The zero-order chi connectivity index (χ0) is 19.2. The molecular formula is C21H28N2O4. The van der Waals surface area contributed by atoms with Gasteiger partial charge in [0.05, 0.1) is 5.56 Å². The van der Waals surface area contributed by atoms with Crippen LogP contribution in [0.25, 0.3) is 0 Å². The summed E-state index contributed by atoms with van der Waals surface area (Å²) >= 11 is 0. The highest BCUT2D eigenvalue weighted by molar-refractivity contribution is 5.95. The molecule has 1 atom stereocenters. The summed E-state index contributed by atoms with van der Waals surface area (Å²) in [5.74, 6) is -0.127. The maximum absolute atomic E-state index is 12.2. The van der Waals surface area contributed by atoms with Crippen molar-refractivity contribution in [1.29, 1.82) is 0 Å². The van der Waals surface area contributed by atoms with Crippen LogP contribution in [0.1, 0.15) is 62.2 Å². The minimum Gasteiger partial charge on any atom is -0.449 e. The fourth-order valence-electron chi connectivity index (χ4n) is 3.34. The maximum Gasteiger partial charge on any atom is 0.338 e. The smallest absolute Gasteiger partial charge is 0.338 e. The Morgan fingerprint density at radius 1 is 1.04 bits per heavy atom. The van der Waals surface area contributed by atoms with Crippen molar-refractivity contribution >= 4 is 23.5 Å². The zero-order valence-corrected chi connectivity index (χ0v) is 15.8. The first kappa shape index (κ1) is 19.4. The predicted molar refractivity (Wildman–Crippen MR) is 102 cm³/mol. The van der Waals surface area contributed by atoms with E-state index in [0.717, 1.165) is 25.7 Å². The lowest BCUT2D eigenvalue weighted by Gasteiger charge is -2.22. The Hall–Kier alpha value is -2.37. The summed E-state index contributed by atoms with van der Waals surface area (Å²) in [6.45, 7) is 2.23. The van der Waals surface area contributed by atoms with E-state index in [0.29, 0.717) is 23.7 Å². The van der Waals surface area contributed by atoms with Crippen LogP contribution < -0.4 is 10.6 Å². The molecule has 0 spiro atoms. The van der Waals surface area contributed by atoms with Gasteiger partial charge in [-0.1, -0.05) is 19.3 Å². The second kappa shape index (κ2) is 9.02. The van der Waals surface area contributed by atoms with Crippen molar-refractivity contribution < 1.29 is 19.1 Å². The Morgan fingerprint density at radius 2 is 1.70 bits per heavy atom. The number of carbonyl (C=O) groups is 3. The van der Waals surface area contributed by atoms with Gasteiger partial charge in [0.1, 0.15) is 0 Å². The van der Waals surface area contributed by atoms with E-state index in [2.05, 4.69) is 10.6 Å². The van der Waals surface area contributed by atoms with Crippen LogP contribution in [0.5, 0.6) is 0 Å². The summed E-state index contributed by atoms with van der Waals surface area (Å²) in [6.07, 6.45) is 7.07. The lowest BCUT2D eigenvalue weighted by atomic mass is 9.89. The molecule has 1 aromatic rings. The molecule has 0 saturated heterocycles. The highest BCUT2D eigenvalue weighted by Gasteiger charge is 2.29. The maximum atomic E-state index is 12.2. The van der Waals surface area contributed by atoms with Crippen LogP contribution in [0.4, 0.5) is 5.69 Å². The van der Waals surface area contributed by atoms with Crippen LogP contribution in [0.15, 0.2) is 24.3 Å². The summed E-state index contributed by atoms with van der Waals surface area (Å²) in [7, 11) is 0. The van der Waals surface area contributed by atoms with E-state index in [1.807, 2.05) is 0 Å². The number of nitrogens with one attached hydrogen (secondary N) is 2. The van der Waals surface area contributed by atoms with Gasteiger partial charge in [0.15, 0.2) is 6.10 Å². The first-order valence-corrected chi connectivity index (χ1v) is 9.92. The molecule has 2 saturated carbocycles. The number of amides is 2. The van der Waals surface area contributed by atoms with Crippen molar-refractivity contribution in [2.24, 2.45) is 11.8 Å². The number of carbonyl (C=O) groups excluding carboxylic acids is 3. The third-order valence-corrected chi connectivity index (χ3v) is 5.28. The number of hydrogen-bond acceptors (Lipinski definition) is 4. The lowest BCUT2D eigenvalue weighted by Crippen LogP contribution is -2.38. The van der Waals surface area contributed by atoms with Gasteiger partial charge in [0, 0.05) is 18.2 Å². The molecule has 0 heterocycles. The monoisotopic (exact) mass is 372 g/mol. The number of ether oxygens (including phenoxy) is 1. The minimum absolute atomic E-state index is 0.0218. The molecule has 6 nitrogen and oxygen atoms in total. The second-order valence-electron chi connectivity index (χ2n) is 7.64. The van der Waals surface area contributed by atoms with Gasteiger partial charge in [-0.25, -0.2) is 4.79 Å². The fourth-order valence-corrected chi connectivity index (χ4v) is 3.34. The standard InChI is InChI=1S/C21H28N2O4/c1-14(19(24)22-13-15-5-3-2-4-6-15)27-21(26)17-9-11-18(12-10-17)23-20(25)16-7-8-16/h9-12,14-16H,2-8,13H2,1H3,(H,22,24)(H,23,25). The van der Waals surface area contributed by atoms with Gasteiger partial charge >= 0.3 is 5.97 Å². The summed E-state index contributed by atoms with van der Waals surface area (Å²) in [4.78, 5) is 36.1. The molecule has 2 N–H and O–H groups in total. The third kappa shape index (κ3) is 5.81. The van der Waals surface area contributed by atoms with Crippen LogP contribution in [-0.2, 0) is 14.3 Å². The van der Waals surface area contributed by atoms with Gasteiger partial charge in [-0.2, -0.15) is 0 Å². The molecule has 2 aliphatic carbocycles. The number of anilines is 1. The van der Waals surface area contributed by atoms with Crippen molar-refractivity contribution in [2.75, 3.05) is 11.9 Å². The molecule has 0 aliphatic heterocycles. The lowest BCUT2D eigenvalue weighted by molar-refractivity contribution is -0.129. The molecule has 146 valence electrons. The molecule has 3 rings (SSSR count). The largest absolute Gasteiger partial charge is 0.449 e. The van der Waals surface area contributed by atoms with Gasteiger partial charge in [-0.3, -0.25) is 9.59 Å². The minimum atomic E-state index is -0.838. The molecule has 1 aromatic carbocycles. The number of rotatable bonds is 7. The average Bonchev–Trinajstić information content (AvgIpc) is 3.52. The van der Waals surface area contributed by atoms with E-state index in [9.17, 15) is 14.4 Å². The van der Waals surface area contributed by atoms with Crippen molar-refractivity contribution in [3.8, 4) is 0 Å². The van der Waals surface area contributed by atoms with Gasteiger partial charge in [-0.15, -0.1) is 0 Å². The highest BCUT2D eigenvalue weighted by Crippen LogP contribution is 2.30. The highest BCUT2D eigenvalue weighted by atomic mass is 16.5. The summed E-state index contributed by atoms with van der Waals surface area (Å²) in [5, 5.41) is 5.71. The van der Waals surface area contributed by atoms with Crippen LogP contribution in [0.3, 0.4) is 0 Å². The van der Waals surface area contributed by atoms with Gasteiger partial charge in [0.25, 0.3) is 5.91 Å². The van der Waals surface area contributed by atoms with E-state index in [1.54, 1.807) is 31.2 Å². The van der Waals surface area contributed by atoms with Crippen LogP contribution in [0.2, 0.25) is 0 Å². The van der Waals surface area contributed by atoms with Gasteiger partial charge in [0.2, 0.25) is 5.91 Å².